The summed E-state index contributed by atoms with van der Waals surface area (Å²) in [6.07, 6.45) is 0.809. The van der Waals surface area contributed by atoms with Crippen LogP contribution in [0.4, 0.5) is 5.69 Å². The predicted molar refractivity (Wildman–Crippen MR) is 107 cm³/mol. The van der Waals surface area contributed by atoms with Gasteiger partial charge in [0.2, 0.25) is 5.91 Å². The van der Waals surface area contributed by atoms with E-state index < -0.39 is 0 Å². The third-order valence-electron chi connectivity index (χ3n) is 4.20. The maximum Gasteiger partial charge on any atom is 0.262 e. The van der Waals surface area contributed by atoms with Gasteiger partial charge >= 0.3 is 0 Å². The molecule has 0 aliphatic rings. The third-order valence-corrected chi connectivity index (χ3v) is 5.15. The first kappa shape index (κ1) is 18.2. The van der Waals surface area contributed by atoms with E-state index in [1.807, 2.05) is 62.4 Å². The SMILES string of the molecule is CC[C@H](C)n1c(SCC(=O)Nc2ccccc2)nc2ccccc2c1=O. The molecule has 6 heteroatoms. The Morgan fingerprint density at radius 3 is 2.58 bits per heavy atom. The Balaban J connectivity index is 1.86. The first-order chi connectivity index (χ1) is 12.6. The van der Waals surface area contributed by atoms with Crippen LogP contribution in [0.5, 0.6) is 0 Å². The summed E-state index contributed by atoms with van der Waals surface area (Å²) in [4.78, 5) is 29.8. The summed E-state index contributed by atoms with van der Waals surface area (Å²) in [7, 11) is 0. The molecule has 0 fully saturated rings. The lowest BCUT2D eigenvalue weighted by Crippen LogP contribution is -2.26. The van der Waals surface area contributed by atoms with Crippen LogP contribution in [0.2, 0.25) is 0 Å². The van der Waals surface area contributed by atoms with Gasteiger partial charge in [-0.1, -0.05) is 49.0 Å². The molecule has 0 saturated heterocycles. The highest BCUT2D eigenvalue weighted by Crippen LogP contribution is 2.22. The number of thioether (sulfide) groups is 1. The van der Waals surface area contributed by atoms with Gasteiger partial charge in [-0.15, -0.1) is 0 Å². The number of carbonyl (C=O) groups excluding carboxylic acids is 1. The third kappa shape index (κ3) is 3.96. The molecule has 1 amide bonds. The molecule has 1 heterocycles. The second kappa shape index (κ2) is 8.19. The number of aromatic nitrogens is 2. The molecule has 0 radical (unpaired) electrons. The van der Waals surface area contributed by atoms with Crippen molar-refractivity contribution < 1.29 is 4.79 Å². The fraction of sp³-hybridized carbons (Fsp3) is 0.250. The number of benzene rings is 2. The number of amides is 1. The zero-order chi connectivity index (χ0) is 18.5. The number of hydrogen-bond donors (Lipinski definition) is 1. The minimum atomic E-state index is -0.126. The molecule has 0 aliphatic carbocycles. The number of fused-ring (bicyclic) bond motifs is 1. The van der Waals surface area contributed by atoms with Crippen molar-refractivity contribution in [3.05, 3.63) is 65.0 Å². The summed E-state index contributed by atoms with van der Waals surface area (Å²) >= 11 is 1.29. The topological polar surface area (TPSA) is 64.0 Å². The van der Waals surface area contributed by atoms with E-state index in [9.17, 15) is 9.59 Å². The minimum absolute atomic E-state index is 0.0132. The van der Waals surface area contributed by atoms with E-state index in [4.69, 9.17) is 0 Å². The molecule has 2 aromatic carbocycles. The van der Waals surface area contributed by atoms with Crippen molar-refractivity contribution in [2.24, 2.45) is 0 Å². The molecule has 1 N–H and O–H groups in total. The first-order valence-electron chi connectivity index (χ1n) is 8.59. The van der Waals surface area contributed by atoms with Gasteiger partial charge in [-0.05, 0) is 37.6 Å². The molecule has 0 unspecified atom stereocenters. The average Bonchev–Trinajstić information content (AvgIpc) is 2.67. The number of para-hydroxylation sites is 2. The van der Waals surface area contributed by atoms with Crippen LogP contribution < -0.4 is 10.9 Å². The predicted octanol–water partition coefficient (Wildman–Crippen LogP) is 4.10. The number of carbonyl (C=O) groups is 1. The molecule has 134 valence electrons. The molecule has 0 saturated carbocycles. The quantitative estimate of drug-likeness (QED) is 0.526. The molecule has 0 bridgehead atoms. The van der Waals surface area contributed by atoms with Crippen LogP contribution in [0.1, 0.15) is 26.3 Å². The van der Waals surface area contributed by atoms with Crippen LogP contribution in [0.3, 0.4) is 0 Å². The van der Waals surface area contributed by atoms with Gasteiger partial charge in [0.1, 0.15) is 0 Å². The van der Waals surface area contributed by atoms with Gasteiger partial charge in [-0.25, -0.2) is 4.98 Å². The number of nitrogens with one attached hydrogen (secondary N) is 1. The normalized spacial score (nSPS) is 12.1. The van der Waals surface area contributed by atoms with Crippen molar-refractivity contribution in [3.63, 3.8) is 0 Å². The average molecular weight is 367 g/mol. The summed E-state index contributed by atoms with van der Waals surface area (Å²) in [5.74, 6) is 0.0649. The fourth-order valence-corrected chi connectivity index (χ4v) is 3.54. The Kier molecular flexibility index (Phi) is 5.73. The highest BCUT2D eigenvalue weighted by Gasteiger charge is 2.16. The second-order valence-corrected chi connectivity index (χ2v) is 6.99. The van der Waals surface area contributed by atoms with Crippen molar-refractivity contribution in [1.29, 1.82) is 0 Å². The Hall–Kier alpha value is -2.60. The maximum absolute atomic E-state index is 12.9. The second-order valence-electron chi connectivity index (χ2n) is 6.05. The van der Waals surface area contributed by atoms with E-state index in [1.165, 1.54) is 11.8 Å². The van der Waals surface area contributed by atoms with Gasteiger partial charge in [-0.3, -0.25) is 14.2 Å². The minimum Gasteiger partial charge on any atom is -0.325 e. The summed E-state index contributed by atoms with van der Waals surface area (Å²) in [6, 6.07) is 16.6. The zero-order valence-electron chi connectivity index (χ0n) is 14.8. The number of hydrogen-bond acceptors (Lipinski definition) is 4. The number of nitrogens with zero attached hydrogens (tertiary/aromatic N) is 2. The fourth-order valence-electron chi connectivity index (χ4n) is 2.65. The van der Waals surface area contributed by atoms with E-state index in [-0.39, 0.29) is 23.3 Å². The number of rotatable bonds is 6. The van der Waals surface area contributed by atoms with E-state index in [2.05, 4.69) is 10.3 Å². The van der Waals surface area contributed by atoms with Crippen LogP contribution >= 0.6 is 11.8 Å². The zero-order valence-corrected chi connectivity index (χ0v) is 15.6. The van der Waals surface area contributed by atoms with Crippen molar-refractivity contribution in [3.8, 4) is 0 Å². The van der Waals surface area contributed by atoms with Crippen molar-refractivity contribution >= 4 is 34.3 Å². The first-order valence-corrected chi connectivity index (χ1v) is 9.57. The highest BCUT2D eigenvalue weighted by atomic mass is 32.2. The number of anilines is 1. The molecular weight excluding hydrogens is 346 g/mol. The molecule has 0 spiro atoms. The van der Waals surface area contributed by atoms with Crippen LogP contribution in [-0.4, -0.2) is 21.2 Å². The van der Waals surface area contributed by atoms with Crippen molar-refractivity contribution in [2.45, 2.75) is 31.5 Å². The van der Waals surface area contributed by atoms with E-state index >= 15 is 0 Å². The smallest absolute Gasteiger partial charge is 0.262 e. The van der Waals surface area contributed by atoms with E-state index in [0.29, 0.717) is 16.1 Å². The summed E-state index contributed by atoms with van der Waals surface area (Å²) in [6.45, 7) is 4.02. The van der Waals surface area contributed by atoms with Gasteiger partial charge < -0.3 is 5.32 Å². The van der Waals surface area contributed by atoms with Crippen LogP contribution in [0.25, 0.3) is 10.9 Å². The van der Waals surface area contributed by atoms with E-state index in [0.717, 1.165) is 12.1 Å². The molecule has 1 atom stereocenters. The molecule has 26 heavy (non-hydrogen) atoms. The largest absolute Gasteiger partial charge is 0.325 e. The summed E-state index contributed by atoms with van der Waals surface area (Å²) in [5.41, 5.74) is 1.35. The Morgan fingerprint density at radius 2 is 1.85 bits per heavy atom. The van der Waals surface area contributed by atoms with Gasteiger partial charge in [0, 0.05) is 11.7 Å². The molecule has 1 aromatic heterocycles. The Morgan fingerprint density at radius 1 is 1.15 bits per heavy atom. The highest BCUT2D eigenvalue weighted by molar-refractivity contribution is 7.99. The molecule has 3 rings (SSSR count). The van der Waals surface area contributed by atoms with Gasteiger partial charge in [-0.2, -0.15) is 0 Å². The van der Waals surface area contributed by atoms with Crippen LogP contribution in [-0.2, 0) is 4.79 Å². The monoisotopic (exact) mass is 367 g/mol. The standard InChI is InChI=1S/C20H21N3O2S/c1-3-14(2)23-19(25)16-11-7-8-12-17(16)22-20(23)26-13-18(24)21-15-9-5-4-6-10-15/h4-12,14H,3,13H2,1-2H3,(H,21,24)/t14-/m0/s1. The molecule has 0 aliphatic heterocycles. The molecule has 5 nitrogen and oxygen atoms in total. The van der Waals surface area contributed by atoms with Crippen LogP contribution in [0.15, 0.2) is 64.5 Å². The Bertz CT molecular complexity index is 970. The lowest BCUT2D eigenvalue weighted by Gasteiger charge is -2.18. The van der Waals surface area contributed by atoms with Gasteiger partial charge in [0.05, 0.1) is 16.7 Å². The van der Waals surface area contributed by atoms with Crippen molar-refractivity contribution in [1.82, 2.24) is 9.55 Å². The lowest BCUT2D eigenvalue weighted by atomic mass is 10.2. The summed E-state index contributed by atoms with van der Waals surface area (Å²) < 4.78 is 1.70. The Labute approximate surface area is 156 Å². The van der Waals surface area contributed by atoms with Gasteiger partial charge in [0.15, 0.2) is 5.16 Å². The van der Waals surface area contributed by atoms with Gasteiger partial charge in [0.25, 0.3) is 5.56 Å². The van der Waals surface area contributed by atoms with E-state index in [1.54, 1.807) is 10.6 Å². The molecule has 3 aromatic rings. The molecular formula is C20H21N3O2S. The lowest BCUT2D eigenvalue weighted by molar-refractivity contribution is -0.113. The van der Waals surface area contributed by atoms with Crippen molar-refractivity contribution in [2.75, 3.05) is 11.1 Å². The maximum atomic E-state index is 12.9. The van der Waals surface area contributed by atoms with Crippen LogP contribution in [0, 0.1) is 0 Å². The summed E-state index contributed by atoms with van der Waals surface area (Å²) in [5, 5.41) is 4.03.